The average Bonchev–Trinajstić information content (AvgIpc) is 1.65. The molecule has 3 N–H and O–H groups in total. The molecule has 0 aromatic rings. The van der Waals surface area contributed by atoms with Gasteiger partial charge >= 0.3 is 5.97 Å². The Labute approximate surface area is 83.9 Å². The van der Waals surface area contributed by atoms with E-state index in [1.807, 2.05) is 0 Å². The van der Waals surface area contributed by atoms with Crippen LogP contribution in [0.2, 0.25) is 0 Å². The molecule has 0 aliphatic heterocycles. The second kappa shape index (κ2) is 6.19. The quantitative estimate of drug-likeness (QED) is 0.588. The van der Waals surface area contributed by atoms with Gasteiger partial charge in [-0.1, -0.05) is 0 Å². The van der Waals surface area contributed by atoms with Crippen LogP contribution in [0.1, 0.15) is 0 Å². The van der Waals surface area contributed by atoms with Crippen molar-refractivity contribution in [3.63, 3.8) is 0 Å². The molecular formula is C3H7NO2STb. The fraction of sp³-hybridized carbons (Fsp3) is 0.667. The van der Waals surface area contributed by atoms with Gasteiger partial charge in [0.15, 0.2) is 0 Å². The minimum absolute atomic E-state index is 0. The van der Waals surface area contributed by atoms with Gasteiger partial charge in [-0.05, 0) is 0 Å². The van der Waals surface area contributed by atoms with E-state index < -0.39 is 12.0 Å². The fourth-order valence-corrected chi connectivity index (χ4v) is 0.234. The smallest absolute Gasteiger partial charge is 0.321 e. The molecule has 0 aliphatic rings. The number of thiol groups is 1. The molecule has 0 saturated heterocycles. The zero-order valence-corrected chi connectivity index (χ0v) is 7.03. The number of nitrogens with two attached hydrogens (primary N) is 1. The molecule has 0 amide bonds. The van der Waals surface area contributed by atoms with E-state index in [9.17, 15) is 4.79 Å². The number of rotatable bonds is 2. The first-order valence-corrected chi connectivity index (χ1v) is 2.41. The standard InChI is InChI=1S/C3H7NO2S.Tb/c4-2(1-7)3(5)6;/h2,7H,1,4H2,(H,5,6);/t2-;/m0./s1. The van der Waals surface area contributed by atoms with Crippen molar-refractivity contribution in [3.8, 4) is 0 Å². The van der Waals surface area contributed by atoms with Gasteiger partial charge in [0.25, 0.3) is 0 Å². The maximum absolute atomic E-state index is 9.76. The van der Waals surface area contributed by atoms with Crippen LogP contribution in [0.4, 0.5) is 0 Å². The summed E-state index contributed by atoms with van der Waals surface area (Å²) < 4.78 is 0. The Bertz CT molecular complexity index is 79.7. The van der Waals surface area contributed by atoms with E-state index >= 15 is 0 Å². The van der Waals surface area contributed by atoms with Gasteiger partial charge in [0.05, 0.1) is 0 Å². The van der Waals surface area contributed by atoms with Gasteiger partial charge in [0.2, 0.25) is 0 Å². The molecule has 1 radical (unpaired) electrons. The molecule has 51 valence electrons. The Hall–Kier alpha value is 1.07. The summed E-state index contributed by atoms with van der Waals surface area (Å²) in [6.07, 6.45) is 0. The Morgan fingerprint density at radius 1 is 1.88 bits per heavy atom. The van der Waals surface area contributed by atoms with Crippen molar-refractivity contribution in [1.29, 1.82) is 0 Å². The molecule has 0 fully saturated rings. The SMILES string of the molecule is N[C@@H](CS)C(=O)O.[Tb]. The number of carboxylic acid groups (broad SMARTS) is 1. The van der Waals surface area contributed by atoms with Crippen molar-refractivity contribution in [2.75, 3.05) is 5.75 Å². The van der Waals surface area contributed by atoms with Gasteiger partial charge < -0.3 is 10.8 Å². The number of hydrogen-bond donors (Lipinski definition) is 3. The third kappa shape index (κ3) is 5.21. The summed E-state index contributed by atoms with van der Waals surface area (Å²) in [6.45, 7) is 0. The number of carboxylic acids is 1. The van der Waals surface area contributed by atoms with Gasteiger partial charge in [-0.2, -0.15) is 12.6 Å². The van der Waals surface area contributed by atoms with Gasteiger partial charge in [0.1, 0.15) is 6.04 Å². The van der Waals surface area contributed by atoms with E-state index in [2.05, 4.69) is 12.6 Å². The van der Waals surface area contributed by atoms with E-state index in [0.29, 0.717) is 0 Å². The van der Waals surface area contributed by atoms with Crippen molar-refractivity contribution in [2.24, 2.45) is 5.73 Å². The number of hydrogen-bond acceptors (Lipinski definition) is 3. The average molecular weight is 280 g/mol. The molecule has 0 saturated carbocycles. The van der Waals surface area contributed by atoms with Crippen LogP contribution in [0.25, 0.3) is 0 Å². The third-order valence-electron chi connectivity index (χ3n) is 0.514. The van der Waals surface area contributed by atoms with Crippen molar-refractivity contribution in [1.82, 2.24) is 0 Å². The van der Waals surface area contributed by atoms with Gasteiger partial charge in [0, 0.05) is 44.4 Å². The Morgan fingerprint density at radius 2 is 2.25 bits per heavy atom. The van der Waals surface area contributed by atoms with Crippen LogP contribution in [0, 0.1) is 38.6 Å². The van der Waals surface area contributed by atoms with E-state index in [0.717, 1.165) is 0 Å². The van der Waals surface area contributed by atoms with E-state index in [-0.39, 0.29) is 44.4 Å². The second-order valence-electron chi connectivity index (χ2n) is 1.13. The zero-order chi connectivity index (χ0) is 5.86. The normalized spacial score (nSPS) is 11.8. The molecular weight excluding hydrogens is 273 g/mol. The molecule has 0 rings (SSSR count). The summed E-state index contributed by atoms with van der Waals surface area (Å²) >= 11 is 3.65. The second-order valence-corrected chi connectivity index (χ2v) is 1.49. The molecule has 0 aromatic carbocycles. The van der Waals surface area contributed by atoms with Crippen molar-refractivity contribution >= 4 is 18.6 Å². The number of carbonyl (C=O) groups is 1. The van der Waals surface area contributed by atoms with Crippen LogP contribution in [-0.2, 0) is 4.79 Å². The first kappa shape index (κ1) is 11.8. The summed E-state index contributed by atoms with van der Waals surface area (Å²) in [5, 5.41) is 8.01. The molecule has 0 spiro atoms. The maximum atomic E-state index is 9.76. The third-order valence-corrected chi connectivity index (χ3v) is 0.907. The first-order valence-electron chi connectivity index (χ1n) is 1.77. The summed E-state index contributed by atoms with van der Waals surface area (Å²) in [6, 6.07) is -0.816. The molecule has 8 heavy (non-hydrogen) atoms. The summed E-state index contributed by atoms with van der Waals surface area (Å²) in [5.74, 6) is -0.815. The number of aliphatic carboxylic acids is 1. The van der Waals surface area contributed by atoms with Crippen LogP contribution >= 0.6 is 12.6 Å². The largest absolute Gasteiger partial charge is 0.480 e. The van der Waals surface area contributed by atoms with E-state index in [1.165, 1.54) is 0 Å². The predicted octanol–water partition coefficient (Wildman–Crippen LogP) is -0.672. The predicted molar refractivity (Wildman–Crippen MR) is 29.5 cm³/mol. The van der Waals surface area contributed by atoms with Crippen LogP contribution in [0.15, 0.2) is 0 Å². The van der Waals surface area contributed by atoms with Crippen LogP contribution < -0.4 is 5.73 Å². The molecule has 0 unspecified atom stereocenters. The Kier molecular flexibility index (Phi) is 9.14. The fourth-order valence-electron chi connectivity index (χ4n) is 0.0781. The van der Waals surface area contributed by atoms with Crippen LogP contribution in [-0.4, -0.2) is 22.9 Å². The van der Waals surface area contributed by atoms with Crippen molar-refractivity contribution < 1.29 is 48.5 Å². The van der Waals surface area contributed by atoms with Crippen molar-refractivity contribution in [2.45, 2.75) is 6.04 Å². The van der Waals surface area contributed by atoms with E-state index in [4.69, 9.17) is 10.8 Å². The van der Waals surface area contributed by atoms with Crippen LogP contribution in [0.5, 0.6) is 0 Å². The summed E-state index contributed by atoms with van der Waals surface area (Å²) in [7, 11) is 0. The minimum Gasteiger partial charge on any atom is -0.480 e. The topological polar surface area (TPSA) is 63.3 Å². The Balaban J connectivity index is 0. The maximum Gasteiger partial charge on any atom is 0.321 e. The first-order chi connectivity index (χ1) is 3.18. The summed E-state index contributed by atoms with van der Waals surface area (Å²) in [4.78, 5) is 9.76. The van der Waals surface area contributed by atoms with Gasteiger partial charge in [-0.3, -0.25) is 4.79 Å². The molecule has 5 heteroatoms. The molecule has 0 heterocycles. The molecule has 3 nitrogen and oxygen atoms in total. The van der Waals surface area contributed by atoms with Gasteiger partial charge in [-0.25, -0.2) is 0 Å². The monoisotopic (exact) mass is 280 g/mol. The molecule has 1 atom stereocenters. The van der Waals surface area contributed by atoms with Crippen LogP contribution in [0.3, 0.4) is 0 Å². The Morgan fingerprint density at radius 3 is 2.25 bits per heavy atom. The van der Waals surface area contributed by atoms with Gasteiger partial charge in [-0.15, -0.1) is 0 Å². The molecule has 0 aromatic heterocycles. The molecule has 0 aliphatic carbocycles. The molecule has 0 bridgehead atoms. The van der Waals surface area contributed by atoms with Crippen molar-refractivity contribution in [3.05, 3.63) is 0 Å². The summed E-state index contributed by atoms with van der Waals surface area (Å²) in [5.41, 5.74) is 4.94. The van der Waals surface area contributed by atoms with E-state index in [1.54, 1.807) is 0 Å². The zero-order valence-electron chi connectivity index (χ0n) is 4.00. The minimum atomic E-state index is -1.00.